The number of sulfonamides is 1. The molecule has 0 aliphatic rings. The fourth-order valence-electron chi connectivity index (χ4n) is 3.68. The molecule has 0 unspecified atom stereocenters. The van der Waals surface area contributed by atoms with Crippen molar-refractivity contribution >= 4 is 43.8 Å². The van der Waals surface area contributed by atoms with Gasteiger partial charge in [-0.15, -0.1) is 0 Å². The highest BCUT2D eigenvalue weighted by atomic mass is 35.5. The molecule has 1 heterocycles. The second-order valence-corrected chi connectivity index (χ2v) is 11.6. The molecule has 0 fully saturated rings. The topological polar surface area (TPSA) is 80.3 Å². The van der Waals surface area contributed by atoms with Gasteiger partial charge < -0.3 is 10.1 Å². The second kappa shape index (κ2) is 9.89. The standard InChI is InChI=1S/C26H26ClN3O3S2/c1-17-24(34-25(28-17)29-26(2,3)19-10-6-5-7-11-19)18-14-15-22(33-4)23(16-18)35(31,32)30-21-13-9-8-12-20(21)27/h5-16,30H,1-4H3,(H,28,29). The van der Waals surface area contributed by atoms with Crippen LogP contribution in [0.4, 0.5) is 10.8 Å². The number of nitrogens with zero attached hydrogens (tertiary/aromatic N) is 1. The van der Waals surface area contributed by atoms with Crippen molar-refractivity contribution in [3.05, 3.63) is 89.1 Å². The molecular formula is C26H26ClN3O3S2. The Bertz CT molecular complexity index is 1450. The van der Waals surface area contributed by atoms with Crippen LogP contribution in [0.25, 0.3) is 10.4 Å². The molecule has 0 aliphatic carbocycles. The van der Waals surface area contributed by atoms with Crippen molar-refractivity contribution in [3.8, 4) is 16.2 Å². The average Bonchev–Trinajstić information content (AvgIpc) is 3.19. The van der Waals surface area contributed by atoms with Gasteiger partial charge >= 0.3 is 0 Å². The summed E-state index contributed by atoms with van der Waals surface area (Å²) in [5.41, 5.74) is 2.62. The number of para-hydroxylation sites is 1. The fraction of sp³-hybridized carbons (Fsp3) is 0.192. The summed E-state index contributed by atoms with van der Waals surface area (Å²) >= 11 is 7.64. The number of thiazole rings is 1. The molecule has 4 rings (SSSR count). The fourth-order valence-corrected chi connectivity index (χ4v) is 6.32. The zero-order valence-corrected chi connectivity index (χ0v) is 22.2. The first-order valence-corrected chi connectivity index (χ1v) is 13.6. The molecule has 6 nitrogen and oxygen atoms in total. The van der Waals surface area contributed by atoms with E-state index in [1.165, 1.54) is 18.4 Å². The molecule has 9 heteroatoms. The summed E-state index contributed by atoms with van der Waals surface area (Å²) in [4.78, 5) is 5.59. The Morgan fingerprint density at radius 1 is 1.00 bits per heavy atom. The summed E-state index contributed by atoms with van der Waals surface area (Å²) in [5.74, 6) is 0.235. The van der Waals surface area contributed by atoms with Gasteiger partial charge in [-0.05, 0) is 62.2 Å². The second-order valence-electron chi connectivity index (χ2n) is 8.50. The largest absolute Gasteiger partial charge is 0.495 e. The van der Waals surface area contributed by atoms with E-state index in [0.717, 1.165) is 26.8 Å². The van der Waals surface area contributed by atoms with Gasteiger partial charge in [-0.2, -0.15) is 0 Å². The van der Waals surface area contributed by atoms with Crippen LogP contribution in [-0.2, 0) is 15.6 Å². The van der Waals surface area contributed by atoms with Crippen molar-refractivity contribution in [2.24, 2.45) is 0 Å². The molecule has 0 spiro atoms. The van der Waals surface area contributed by atoms with Crippen molar-refractivity contribution in [1.82, 2.24) is 4.98 Å². The van der Waals surface area contributed by atoms with Crippen molar-refractivity contribution < 1.29 is 13.2 Å². The number of ether oxygens (including phenoxy) is 1. The van der Waals surface area contributed by atoms with E-state index in [-0.39, 0.29) is 16.2 Å². The Kier molecular flexibility index (Phi) is 7.07. The van der Waals surface area contributed by atoms with Crippen LogP contribution >= 0.6 is 22.9 Å². The van der Waals surface area contributed by atoms with Crippen LogP contribution in [0, 0.1) is 6.92 Å². The molecule has 0 amide bonds. The summed E-state index contributed by atoms with van der Waals surface area (Å²) in [6.45, 7) is 6.10. The lowest BCUT2D eigenvalue weighted by Crippen LogP contribution is -2.27. The Morgan fingerprint density at radius 2 is 1.69 bits per heavy atom. The molecule has 2 N–H and O–H groups in total. The molecule has 0 bridgehead atoms. The Balaban J connectivity index is 1.68. The van der Waals surface area contributed by atoms with E-state index in [0.29, 0.717) is 10.7 Å². The molecule has 0 saturated carbocycles. The number of anilines is 2. The van der Waals surface area contributed by atoms with Crippen LogP contribution in [-0.4, -0.2) is 20.5 Å². The first-order chi connectivity index (χ1) is 16.6. The van der Waals surface area contributed by atoms with Gasteiger partial charge in [-0.3, -0.25) is 4.72 Å². The molecule has 0 saturated heterocycles. The molecule has 182 valence electrons. The SMILES string of the molecule is COc1ccc(-c2sc(NC(C)(C)c3ccccc3)nc2C)cc1S(=O)(=O)Nc1ccccc1Cl. The minimum Gasteiger partial charge on any atom is -0.495 e. The van der Waals surface area contributed by atoms with Crippen molar-refractivity contribution in [1.29, 1.82) is 0 Å². The van der Waals surface area contributed by atoms with Gasteiger partial charge in [0.15, 0.2) is 5.13 Å². The van der Waals surface area contributed by atoms with E-state index in [1.54, 1.807) is 36.4 Å². The van der Waals surface area contributed by atoms with Crippen molar-refractivity contribution in [3.63, 3.8) is 0 Å². The third-order valence-electron chi connectivity index (χ3n) is 5.55. The summed E-state index contributed by atoms with van der Waals surface area (Å²) in [6.07, 6.45) is 0. The monoisotopic (exact) mass is 527 g/mol. The molecule has 4 aromatic rings. The molecular weight excluding hydrogens is 502 g/mol. The predicted octanol–water partition coefficient (Wildman–Crippen LogP) is 6.93. The van der Waals surface area contributed by atoms with Crippen LogP contribution < -0.4 is 14.8 Å². The van der Waals surface area contributed by atoms with Gasteiger partial charge in [0.1, 0.15) is 10.6 Å². The number of aromatic nitrogens is 1. The maximum absolute atomic E-state index is 13.3. The quantitative estimate of drug-likeness (QED) is 0.260. The lowest BCUT2D eigenvalue weighted by atomic mass is 9.95. The molecule has 0 atom stereocenters. The van der Waals surface area contributed by atoms with E-state index in [2.05, 4.69) is 36.0 Å². The minimum absolute atomic E-state index is 0.0179. The maximum Gasteiger partial charge on any atom is 0.265 e. The Labute approximate surface area is 215 Å². The predicted molar refractivity (Wildman–Crippen MR) is 144 cm³/mol. The Morgan fingerprint density at radius 3 is 2.37 bits per heavy atom. The third kappa shape index (κ3) is 5.45. The highest BCUT2D eigenvalue weighted by molar-refractivity contribution is 7.92. The molecule has 1 aromatic heterocycles. The van der Waals surface area contributed by atoms with E-state index >= 15 is 0 Å². The minimum atomic E-state index is -3.97. The summed E-state index contributed by atoms with van der Waals surface area (Å²) < 4.78 is 34.5. The van der Waals surface area contributed by atoms with Crippen LogP contribution in [0.2, 0.25) is 5.02 Å². The first-order valence-electron chi connectivity index (χ1n) is 10.9. The smallest absolute Gasteiger partial charge is 0.265 e. The van der Waals surface area contributed by atoms with E-state index in [1.807, 2.05) is 31.2 Å². The number of rotatable bonds is 8. The number of aryl methyl sites for hydroxylation is 1. The van der Waals surface area contributed by atoms with E-state index in [9.17, 15) is 8.42 Å². The highest BCUT2D eigenvalue weighted by Gasteiger charge is 2.25. The van der Waals surface area contributed by atoms with E-state index in [4.69, 9.17) is 21.3 Å². The van der Waals surface area contributed by atoms with Gasteiger partial charge in [0.05, 0.1) is 33.9 Å². The summed E-state index contributed by atoms with van der Waals surface area (Å²) in [6, 6.07) is 21.9. The summed E-state index contributed by atoms with van der Waals surface area (Å²) in [5, 5.41) is 4.57. The number of hydrogen-bond acceptors (Lipinski definition) is 6. The van der Waals surface area contributed by atoms with Crippen molar-refractivity contribution in [2.75, 3.05) is 17.1 Å². The zero-order valence-electron chi connectivity index (χ0n) is 19.8. The van der Waals surface area contributed by atoms with E-state index < -0.39 is 10.0 Å². The number of halogens is 1. The van der Waals surface area contributed by atoms with Crippen LogP contribution in [0.3, 0.4) is 0 Å². The van der Waals surface area contributed by atoms with Gasteiger partial charge in [-0.1, -0.05) is 65.4 Å². The first kappa shape index (κ1) is 25.0. The van der Waals surface area contributed by atoms with Crippen LogP contribution in [0.1, 0.15) is 25.1 Å². The number of hydrogen-bond donors (Lipinski definition) is 2. The van der Waals surface area contributed by atoms with Crippen molar-refractivity contribution in [2.45, 2.75) is 31.2 Å². The molecule has 35 heavy (non-hydrogen) atoms. The molecule has 0 radical (unpaired) electrons. The lowest BCUT2D eigenvalue weighted by molar-refractivity contribution is 0.403. The highest BCUT2D eigenvalue weighted by Crippen LogP contribution is 2.39. The average molecular weight is 528 g/mol. The molecule has 3 aromatic carbocycles. The van der Waals surface area contributed by atoms with Gasteiger partial charge in [0, 0.05) is 0 Å². The van der Waals surface area contributed by atoms with Gasteiger partial charge in [0.25, 0.3) is 10.0 Å². The normalized spacial score (nSPS) is 11.8. The van der Waals surface area contributed by atoms with Gasteiger partial charge in [-0.25, -0.2) is 13.4 Å². The maximum atomic E-state index is 13.3. The van der Waals surface area contributed by atoms with Crippen LogP contribution in [0.15, 0.2) is 77.7 Å². The third-order valence-corrected chi connectivity index (χ3v) is 8.38. The van der Waals surface area contributed by atoms with Crippen LogP contribution in [0.5, 0.6) is 5.75 Å². The Hall–Kier alpha value is -3.07. The number of benzene rings is 3. The molecule has 0 aliphatic heterocycles. The summed E-state index contributed by atoms with van der Waals surface area (Å²) in [7, 11) is -2.53. The lowest BCUT2D eigenvalue weighted by Gasteiger charge is -2.26. The van der Waals surface area contributed by atoms with Gasteiger partial charge in [0.2, 0.25) is 0 Å². The zero-order chi connectivity index (χ0) is 25.2. The number of nitrogens with one attached hydrogen (secondary N) is 2. The number of methoxy groups -OCH3 is 1.